The average Bonchev–Trinajstić information content (AvgIpc) is 2.26. The van der Waals surface area contributed by atoms with E-state index in [4.69, 9.17) is 22.1 Å². The zero-order valence-corrected chi connectivity index (χ0v) is 11.3. The van der Waals surface area contributed by atoms with Gasteiger partial charge in [-0.3, -0.25) is 9.59 Å². The van der Waals surface area contributed by atoms with E-state index in [0.717, 1.165) is 0 Å². The number of nitrogens with one attached hydrogen (secondary N) is 1. The molecular formula is C10H10BrClN2O3. The van der Waals surface area contributed by atoms with E-state index in [1.807, 2.05) is 0 Å². The normalized spacial score (nSPS) is 9.82. The lowest BCUT2D eigenvalue weighted by molar-refractivity contribution is -0.122. The molecule has 0 aliphatic carbocycles. The number of nitrogens with two attached hydrogens (primary N) is 1. The van der Waals surface area contributed by atoms with Crippen LogP contribution < -0.4 is 15.8 Å². The molecule has 1 rings (SSSR count). The summed E-state index contributed by atoms with van der Waals surface area (Å²) in [5, 5.41) is 2.68. The van der Waals surface area contributed by atoms with Gasteiger partial charge in [-0.15, -0.1) is 0 Å². The van der Waals surface area contributed by atoms with E-state index in [1.165, 1.54) is 19.2 Å². The van der Waals surface area contributed by atoms with Gasteiger partial charge in [0.15, 0.2) is 6.61 Å². The van der Waals surface area contributed by atoms with Crippen LogP contribution in [0.3, 0.4) is 0 Å². The van der Waals surface area contributed by atoms with Crippen molar-refractivity contribution in [3.8, 4) is 5.75 Å². The Labute approximate surface area is 111 Å². The number of amides is 2. The minimum absolute atomic E-state index is 0.184. The van der Waals surface area contributed by atoms with Crippen LogP contribution in [0.25, 0.3) is 0 Å². The van der Waals surface area contributed by atoms with Crippen molar-refractivity contribution in [1.82, 2.24) is 5.32 Å². The maximum absolute atomic E-state index is 11.1. The summed E-state index contributed by atoms with van der Waals surface area (Å²) in [6.45, 7) is -0.184. The number of primary amides is 1. The summed E-state index contributed by atoms with van der Waals surface area (Å²) in [6, 6.07) is 2.87. The van der Waals surface area contributed by atoms with E-state index in [9.17, 15) is 9.59 Å². The molecule has 0 spiro atoms. The Morgan fingerprint density at radius 2 is 2.18 bits per heavy atom. The number of ether oxygens (including phenoxy) is 1. The molecule has 1 aromatic carbocycles. The van der Waals surface area contributed by atoms with E-state index in [0.29, 0.717) is 4.47 Å². The predicted octanol–water partition coefficient (Wildman–Crippen LogP) is 1.33. The fraction of sp³-hybridized carbons (Fsp3) is 0.200. The van der Waals surface area contributed by atoms with Crippen molar-refractivity contribution in [2.24, 2.45) is 5.73 Å². The first kappa shape index (κ1) is 13.8. The second kappa shape index (κ2) is 5.88. The Hall–Kier alpha value is -1.27. The van der Waals surface area contributed by atoms with Crippen LogP contribution >= 0.6 is 27.5 Å². The molecule has 1 aromatic rings. The number of likely N-dealkylation sites (N-methyl/N-ethyl adjacent to an activating group) is 1. The molecule has 7 heteroatoms. The average molecular weight is 322 g/mol. The van der Waals surface area contributed by atoms with Gasteiger partial charge in [0.25, 0.3) is 5.91 Å². The van der Waals surface area contributed by atoms with Crippen LogP contribution in [-0.2, 0) is 4.79 Å². The van der Waals surface area contributed by atoms with Crippen molar-refractivity contribution >= 4 is 39.3 Å². The molecule has 0 unspecified atom stereocenters. The van der Waals surface area contributed by atoms with Crippen molar-refractivity contribution in [1.29, 1.82) is 0 Å². The molecule has 0 aliphatic heterocycles. The summed E-state index contributed by atoms with van der Waals surface area (Å²) in [4.78, 5) is 22.1. The Bertz CT molecular complexity index is 465. The minimum Gasteiger partial charge on any atom is -0.482 e. The van der Waals surface area contributed by atoms with E-state index in [1.54, 1.807) is 0 Å². The summed E-state index contributed by atoms with van der Waals surface area (Å²) < 4.78 is 5.64. The third-order valence-electron chi connectivity index (χ3n) is 1.92. The maximum Gasteiger partial charge on any atom is 0.257 e. The quantitative estimate of drug-likeness (QED) is 0.877. The van der Waals surface area contributed by atoms with Crippen molar-refractivity contribution < 1.29 is 14.3 Å². The van der Waals surface area contributed by atoms with Gasteiger partial charge in [0, 0.05) is 11.5 Å². The molecule has 5 nitrogen and oxygen atoms in total. The van der Waals surface area contributed by atoms with Gasteiger partial charge in [0.2, 0.25) is 5.91 Å². The number of rotatable bonds is 4. The Balaban J connectivity index is 2.96. The van der Waals surface area contributed by atoms with Gasteiger partial charge in [-0.25, -0.2) is 0 Å². The highest BCUT2D eigenvalue weighted by molar-refractivity contribution is 9.10. The highest BCUT2D eigenvalue weighted by Gasteiger charge is 2.12. The van der Waals surface area contributed by atoms with E-state index >= 15 is 0 Å². The minimum atomic E-state index is -0.613. The summed E-state index contributed by atoms with van der Waals surface area (Å²) in [7, 11) is 1.49. The summed E-state index contributed by atoms with van der Waals surface area (Å²) in [5.74, 6) is -0.685. The van der Waals surface area contributed by atoms with Gasteiger partial charge in [0.05, 0.1) is 10.6 Å². The lowest BCUT2D eigenvalue weighted by atomic mass is 10.2. The van der Waals surface area contributed by atoms with Crippen LogP contribution in [0.5, 0.6) is 5.75 Å². The zero-order valence-electron chi connectivity index (χ0n) is 8.92. The highest BCUT2D eigenvalue weighted by atomic mass is 79.9. The third kappa shape index (κ3) is 3.61. The monoisotopic (exact) mass is 320 g/mol. The summed E-state index contributed by atoms with van der Waals surface area (Å²) in [6.07, 6.45) is 0. The van der Waals surface area contributed by atoms with Crippen LogP contribution in [-0.4, -0.2) is 25.5 Å². The molecule has 0 bridgehead atoms. The number of carbonyl (C=O) groups is 2. The van der Waals surface area contributed by atoms with Crippen molar-refractivity contribution in [3.05, 3.63) is 27.2 Å². The van der Waals surface area contributed by atoms with Crippen LogP contribution in [0.15, 0.2) is 16.6 Å². The second-order valence-corrected chi connectivity index (χ2v) is 4.35. The molecule has 0 atom stereocenters. The van der Waals surface area contributed by atoms with Gasteiger partial charge >= 0.3 is 0 Å². The lowest BCUT2D eigenvalue weighted by Crippen LogP contribution is -2.25. The summed E-state index contributed by atoms with van der Waals surface area (Å²) in [5.41, 5.74) is 5.41. The Morgan fingerprint density at radius 1 is 1.53 bits per heavy atom. The highest BCUT2D eigenvalue weighted by Crippen LogP contribution is 2.31. The summed E-state index contributed by atoms with van der Waals surface area (Å²) >= 11 is 9.05. The molecule has 0 fully saturated rings. The fourth-order valence-electron chi connectivity index (χ4n) is 1.04. The topological polar surface area (TPSA) is 81.4 Å². The number of halogens is 2. The molecule has 0 aromatic heterocycles. The molecule has 0 heterocycles. The van der Waals surface area contributed by atoms with E-state index in [-0.39, 0.29) is 28.8 Å². The molecule has 17 heavy (non-hydrogen) atoms. The first-order chi connectivity index (χ1) is 7.95. The van der Waals surface area contributed by atoms with Gasteiger partial charge in [-0.1, -0.05) is 11.6 Å². The smallest absolute Gasteiger partial charge is 0.257 e. The van der Waals surface area contributed by atoms with Gasteiger partial charge in [0.1, 0.15) is 5.75 Å². The maximum atomic E-state index is 11.1. The molecule has 3 N–H and O–H groups in total. The molecule has 0 saturated heterocycles. The first-order valence-corrected chi connectivity index (χ1v) is 5.75. The molecular weight excluding hydrogens is 311 g/mol. The molecule has 0 radical (unpaired) electrons. The van der Waals surface area contributed by atoms with Crippen LogP contribution in [0.1, 0.15) is 10.4 Å². The number of hydrogen-bond acceptors (Lipinski definition) is 3. The second-order valence-electron chi connectivity index (χ2n) is 3.09. The molecule has 2 amide bonds. The van der Waals surface area contributed by atoms with Gasteiger partial charge in [-0.2, -0.15) is 0 Å². The van der Waals surface area contributed by atoms with Gasteiger partial charge in [-0.05, 0) is 28.1 Å². The Morgan fingerprint density at radius 3 is 2.71 bits per heavy atom. The third-order valence-corrected chi connectivity index (χ3v) is 2.88. The molecule has 0 aliphatic rings. The first-order valence-electron chi connectivity index (χ1n) is 4.58. The van der Waals surface area contributed by atoms with Crippen molar-refractivity contribution in [3.63, 3.8) is 0 Å². The largest absolute Gasteiger partial charge is 0.482 e. The van der Waals surface area contributed by atoms with Crippen LogP contribution in [0.2, 0.25) is 5.02 Å². The number of carbonyl (C=O) groups excluding carboxylic acids is 2. The number of hydrogen-bond donors (Lipinski definition) is 2. The lowest BCUT2D eigenvalue weighted by Gasteiger charge is -2.09. The van der Waals surface area contributed by atoms with Gasteiger partial charge < -0.3 is 15.8 Å². The van der Waals surface area contributed by atoms with E-state index < -0.39 is 5.91 Å². The molecule has 92 valence electrons. The zero-order chi connectivity index (χ0) is 13.0. The fourth-order valence-corrected chi connectivity index (χ4v) is 1.93. The SMILES string of the molecule is CNC(=O)COc1cc(C(N)=O)c(Br)cc1Cl. The standard InChI is InChI=1S/C10H10BrClN2O3/c1-14-9(15)4-17-8-2-5(10(13)16)6(11)3-7(8)12/h2-3H,4H2,1H3,(H2,13,16)(H,14,15). The van der Waals surface area contributed by atoms with Crippen LogP contribution in [0.4, 0.5) is 0 Å². The molecule has 0 saturated carbocycles. The van der Waals surface area contributed by atoms with Crippen molar-refractivity contribution in [2.75, 3.05) is 13.7 Å². The van der Waals surface area contributed by atoms with Crippen molar-refractivity contribution in [2.45, 2.75) is 0 Å². The Kier molecular flexibility index (Phi) is 4.77. The van der Waals surface area contributed by atoms with E-state index in [2.05, 4.69) is 21.2 Å². The number of benzene rings is 1. The van der Waals surface area contributed by atoms with Crippen LogP contribution in [0, 0.1) is 0 Å². The predicted molar refractivity (Wildman–Crippen MR) is 67.2 cm³/mol.